The van der Waals surface area contributed by atoms with Gasteiger partial charge in [-0.1, -0.05) is 13.8 Å². The maximum atomic E-state index is 11.8. The van der Waals surface area contributed by atoms with Crippen LogP contribution in [0.1, 0.15) is 40.0 Å². The van der Waals surface area contributed by atoms with Gasteiger partial charge in [0.1, 0.15) is 6.04 Å². The van der Waals surface area contributed by atoms with Gasteiger partial charge < -0.3 is 4.74 Å². The summed E-state index contributed by atoms with van der Waals surface area (Å²) in [4.78, 5) is 14.1. The zero-order valence-corrected chi connectivity index (χ0v) is 10.8. The van der Waals surface area contributed by atoms with Crippen LogP contribution in [0.4, 0.5) is 0 Å². The van der Waals surface area contributed by atoms with E-state index in [1.54, 1.807) is 0 Å². The van der Waals surface area contributed by atoms with Gasteiger partial charge in [-0.25, -0.2) is 0 Å². The van der Waals surface area contributed by atoms with Crippen LogP contribution in [0.3, 0.4) is 0 Å². The lowest BCUT2D eigenvalue weighted by Gasteiger charge is -2.34. The first-order chi connectivity index (χ1) is 7.47. The summed E-state index contributed by atoms with van der Waals surface area (Å²) < 4.78 is 5.15. The van der Waals surface area contributed by atoms with Crippen molar-refractivity contribution >= 4 is 5.97 Å². The zero-order valence-electron chi connectivity index (χ0n) is 10.8. The highest BCUT2D eigenvalue weighted by atomic mass is 16.5. The Kier molecular flexibility index (Phi) is 2.99. The summed E-state index contributed by atoms with van der Waals surface area (Å²) in [6, 6.07) is 0.552. The average molecular weight is 225 g/mol. The Balaban J connectivity index is 2.10. The third-order valence-corrected chi connectivity index (χ3v) is 4.42. The molecule has 0 aromatic rings. The molecule has 3 heteroatoms. The van der Waals surface area contributed by atoms with Gasteiger partial charge in [0, 0.05) is 6.04 Å². The lowest BCUT2D eigenvalue weighted by atomic mass is 9.85. The van der Waals surface area contributed by atoms with E-state index in [4.69, 9.17) is 4.74 Å². The molecule has 0 unspecified atom stereocenters. The number of esters is 1. The van der Waals surface area contributed by atoms with Crippen LogP contribution in [0, 0.1) is 11.3 Å². The van der Waals surface area contributed by atoms with E-state index >= 15 is 0 Å². The van der Waals surface area contributed by atoms with Crippen molar-refractivity contribution in [3.63, 3.8) is 0 Å². The number of carbonyl (C=O) groups is 1. The minimum Gasteiger partial charge on any atom is -0.465 e. The third-order valence-electron chi connectivity index (χ3n) is 4.42. The molecule has 0 aromatic heterocycles. The van der Waals surface area contributed by atoms with Crippen LogP contribution < -0.4 is 0 Å². The van der Waals surface area contributed by atoms with E-state index in [1.165, 1.54) is 12.8 Å². The Morgan fingerprint density at radius 2 is 2.19 bits per heavy atom. The summed E-state index contributed by atoms with van der Waals surface area (Å²) in [5, 5.41) is 0. The van der Waals surface area contributed by atoms with Crippen molar-refractivity contribution in [2.75, 3.05) is 13.7 Å². The fourth-order valence-electron chi connectivity index (χ4n) is 3.78. The summed E-state index contributed by atoms with van der Waals surface area (Å²) in [5.41, 5.74) is 0.348. The first-order valence-corrected chi connectivity index (χ1v) is 6.36. The lowest BCUT2D eigenvalue weighted by molar-refractivity contribution is -0.148. The normalized spacial score (nSPS) is 37.4. The molecule has 2 rings (SSSR count). The van der Waals surface area contributed by atoms with Crippen LogP contribution in [0.2, 0.25) is 0 Å². The van der Waals surface area contributed by atoms with Gasteiger partial charge in [0.05, 0.1) is 6.61 Å². The van der Waals surface area contributed by atoms with Crippen LogP contribution in [0.5, 0.6) is 0 Å². The lowest BCUT2D eigenvalue weighted by Crippen LogP contribution is -2.44. The maximum Gasteiger partial charge on any atom is 0.323 e. The number of fused-ring (bicyclic) bond motifs is 1. The van der Waals surface area contributed by atoms with E-state index in [0.29, 0.717) is 24.0 Å². The molecular formula is C13H23NO2. The molecule has 1 saturated heterocycles. The molecule has 16 heavy (non-hydrogen) atoms. The van der Waals surface area contributed by atoms with Gasteiger partial charge >= 0.3 is 5.97 Å². The molecule has 3 nitrogen and oxygen atoms in total. The highest BCUT2D eigenvalue weighted by molar-refractivity contribution is 5.76. The number of nitrogens with zero attached hydrogens (tertiary/aromatic N) is 1. The first-order valence-electron chi connectivity index (χ1n) is 6.36. The van der Waals surface area contributed by atoms with Gasteiger partial charge in [0.15, 0.2) is 0 Å². The molecule has 1 saturated carbocycles. The Labute approximate surface area is 98.1 Å². The van der Waals surface area contributed by atoms with Crippen molar-refractivity contribution in [2.24, 2.45) is 11.3 Å². The highest BCUT2D eigenvalue weighted by Gasteiger charge is 2.52. The quantitative estimate of drug-likeness (QED) is 0.674. The number of carbonyl (C=O) groups excluding carboxylic acids is 1. The van der Waals surface area contributed by atoms with Crippen LogP contribution in [0.15, 0.2) is 0 Å². The second kappa shape index (κ2) is 4.02. The molecule has 0 bridgehead atoms. The Bertz CT molecular complexity index is 288. The second-order valence-corrected chi connectivity index (χ2v) is 5.90. The molecule has 3 atom stereocenters. The number of hydrogen-bond acceptors (Lipinski definition) is 3. The molecule has 1 heterocycles. The number of likely N-dealkylation sites (tertiary alicyclic amines) is 1. The Morgan fingerprint density at radius 3 is 2.75 bits per heavy atom. The molecule has 1 aliphatic heterocycles. The first kappa shape index (κ1) is 11.9. The van der Waals surface area contributed by atoms with Gasteiger partial charge in [0.25, 0.3) is 0 Å². The second-order valence-electron chi connectivity index (χ2n) is 5.90. The van der Waals surface area contributed by atoms with E-state index < -0.39 is 0 Å². The van der Waals surface area contributed by atoms with Crippen molar-refractivity contribution < 1.29 is 9.53 Å². The van der Waals surface area contributed by atoms with Crippen LogP contribution in [0.25, 0.3) is 0 Å². The maximum absolute atomic E-state index is 11.8. The van der Waals surface area contributed by atoms with Crippen LogP contribution in [-0.4, -0.2) is 36.6 Å². The molecular weight excluding hydrogens is 202 g/mol. The van der Waals surface area contributed by atoms with E-state index in [9.17, 15) is 4.79 Å². The molecule has 0 radical (unpaired) electrons. The van der Waals surface area contributed by atoms with E-state index in [1.807, 2.05) is 6.92 Å². The summed E-state index contributed by atoms with van der Waals surface area (Å²) in [5.74, 6) is 0.657. The van der Waals surface area contributed by atoms with Crippen molar-refractivity contribution in [1.82, 2.24) is 4.90 Å². The van der Waals surface area contributed by atoms with Gasteiger partial charge in [-0.15, -0.1) is 0 Å². The minimum atomic E-state index is -0.0322. The molecule has 0 aromatic carbocycles. The predicted molar refractivity (Wildman–Crippen MR) is 63.1 cm³/mol. The van der Waals surface area contributed by atoms with Crippen molar-refractivity contribution in [1.29, 1.82) is 0 Å². The molecule has 2 fully saturated rings. The molecule has 0 amide bonds. The summed E-state index contributed by atoms with van der Waals surface area (Å²) >= 11 is 0. The molecule has 0 N–H and O–H groups in total. The summed E-state index contributed by atoms with van der Waals surface area (Å²) in [7, 11) is 2.08. The SMILES string of the molecule is CCOC(=O)[C@@H]1C[C@H]2CCC(C)(C)[C@H]2N1C. The standard InChI is InChI=1S/C13H23NO2/c1-5-16-12(15)10-8-9-6-7-13(2,3)11(9)14(10)4/h9-11H,5-8H2,1-4H3/t9-,10+,11+/m1/s1. The monoisotopic (exact) mass is 225 g/mol. The van der Waals surface area contributed by atoms with E-state index in [-0.39, 0.29) is 12.0 Å². The average Bonchev–Trinajstić information content (AvgIpc) is 2.67. The number of hydrogen-bond donors (Lipinski definition) is 0. The Hall–Kier alpha value is -0.570. The summed E-state index contributed by atoms with van der Waals surface area (Å²) in [6.45, 7) is 7.00. The fourth-order valence-corrected chi connectivity index (χ4v) is 3.78. The van der Waals surface area contributed by atoms with Crippen molar-refractivity contribution in [2.45, 2.75) is 52.1 Å². The van der Waals surface area contributed by atoms with Gasteiger partial charge in [-0.2, -0.15) is 0 Å². The molecule has 2 aliphatic rings. The highest BCUT2D eigenvalue weighted by Crippen LogP contribution is 2.50. The van der Waals surface area contributed by atoms with Crippen LogP contribution in [-0.2, 0) is 9.53 Å². The van der Waals surface area contributed by atoms with E-state index in [0.717, 1.165) is 6.42 Å². The number of likely N-dealkylation sites (N-methyl/N-ethyl adjacent to an activating group) is 1. The smallest absolute Gasteiger partial charge is 0.323 e. The van der Waals surface area contributed by atoms with Crippen LogP contribution >= 0.6 is 0 Å². The van der Waals surface area contributed by atoms with Gasteiger partial charge in [-0.05, 0) is 44.6 Å². The van der Waals surface area contributed by atoms with E-state index in [2.05, 4.69) is 25.8 Å². The predicted octanol–water partition coefficient (Wildman–Crippen LogP) is 2.06. The summed E-state index contributed by atoms with van der Waals surface area (Å²) in [6.07, 6.45) is 3.53. The largest absolute Gasteiger partial charge is 0.465 e. The third kappa shape index (κ3) is 1.75. The topological polar surface area (TPSA) is 29.5 Å². The fraction of sp³-hybridized carbons (Fsp3) is 0.923. The Morgan fingerprint density at radius 1 is 1.50 bits per heavy atom. The van der Waals surface area contributed by atoms with Crippen molar-refractivity contribution in [3.8, 4) is 0 Å². The van der Waals surface area contributed by atoms with Gasteiger partial charge in [-0.3, -0.25) is 9.69 Å². The number of rotatable bonds is 2. The molecule has 92 valence electrons. The molecule has 0 spiro atoms. The minimum absolute atomic E-state index is 0.00507. The molecule has 1 aliphatic carbocycles. The van der Waals surface area contributed by atoms with Crippen molar-refractivity contribution in [3.05, 3.63) is 0 Å². The zero-order chi connectivity index (χ0) is 11.9. The van der Waals surface area contributed by atoms with Gasteiger partial charge in [0.2, 0.25) is 0 Å². The number of ether oxygens (including phenoxy) is 1.